The Hall–Kier alpha value is -1.98. The third-order valence-corrected chi connectivity index (χ3v) is 5.44. The Bertz CT molecular complexity index is 632. The Morgan fingerprint density at radius 1 is 1.35 bits per heavy atom. The standard InChI is InChI=1S/C17H20FN3O2/c18-17(4-2-5-17)16(23)21-10-13-9-20(15(22)14(13)11-21)8-12-3-1-6-19-7-12/h1,3,6-7,13-14H,2,4-5,8-11H2/t13-,14+/m1/s1. The molecule has 0 aromatic carbocycles. The van der Waals surface area contributed by atoms with Crippen LogP contribution in [0.25, 0.3) is 0 Å². The van der Waals surface area contributed by atoms with Gasteiger partial charge < -0.3 is 9.80 Å². The molecule has 3 fully saturated rings. The Morgan fingerprint density at radius 3 is 2.78 bits per heavy atom. The molecule has 0 spiro atoms. The number of pyridine rings is 1. The molecule has 0 N–H and O–H groups in total. The molecule has 6 heteroatoms. The molecule has 2 aliphatic heterocycles. The molecule has 23 heavy (non-hydrogen) atoms. The summed E-state index contributed by atoms with van der Waals surface area (Å²) in [7, 11) is 0. The predicted molar refractivity (Wildman–Crippen MR) is 80.9 cm³/mol. The lowest BCUT2D eigenvalue weighted by atomic mass is 9.81. The second-order valence-electron chi connectivity index (χ2n) is 6.98. The molecule has 0 radical (unpaired) electrons. The van der Waals surface area contributed by atoms with Gasteiger partial charge in [-0.3, -0.25) is 14.6 Å². The first-order valence-electron chi connectivity index (χ1n) is 8.23. The van der Waals surface area contributed by atoms with Gasteiger partial charge in [-0.2, -0.15) is 0 Å². The van der Waals surface area contributed by atoms with Crippen molar-refractivity contribution in [3.63, 3.8) is 0 Å². The Morgan fingerprint density at radius 2 is 2.17 bits per heavy atom. The minimum Gasteiger partial charge on any atom is -0.339 e. The van der Waals surface area contributed by atoms with Crippen molar-refractivity contribution in [2.75, 3.05) is 19.6 Å². The van der Waals surface area contributed by atoms with E-state index in [4.69, 9.17) is 0 Å². The van der Waals surface area contributed by atoms with Crippen LogP contribution in [-0.4, -0.2) is 51.9 Å². The number of alkyl halides is 1. The van der Waals surface area contributed by atoms with E-state index in [2.05, 4.69) is 4.98 Å². The average molecular weight is 317 g/mol. The highest BCUT2D eigenvalue weighted by Gasteiger charge is 2.53. The zero-order chi connectivity index (χ0) is 16.0. The molecular formula is C17H20FN3O2. The lowest BCUT2D eigenvalue weighted by Crippen LogP contribution is -2.50. The maximum atomic E-state index is 14.3. The number of nitrogens with zero attached hydrogens (tertiary/aromatic N) is 3. The molecule has 1 aliphatic carbocycles. The molecule has 1 aromatic heterocycles. The summed E-state index contributed by atoms with van der Waals surface area (Å²) >= 11 is 0. The van der Waals surface area contributed by atoms with Gasteiger partial charge in [-0.15, -0.1) is 0 Å². The van der Waals surface area contributed by atoms with Crippen LogP contribution in [0.3, 0.4) is 0 Å². The van der Waals surface area contributed by atoms with E-state index in [0.29, 0.717) is 39.0 Å². The number of fused-ring (bicyclic) bond motifs is 1. The summed E-state index contributed by atoms with van der Waals surface area (Å²) in [5.41, 5.74) is -0.650. The van der Waals surface area contributed by atoms with Gasteiger partial charge >= 0.3 is 0 Å². The fraction of sp³-hybridized carbons (Fsp3) is 0.588. The molecule has 0 bridgehead atoms. The van der Waals surface area contributed by atoms with Crippen LogP contribution in [0, 0.1) is 11.8 Å². The molecule has 2 atom stereocenters. The van der Waals surface area contributed by atoms with E-state index in [9.17, 15) is 14.0 Å². The van der Waals surface area contributed by atoms with Gasteiger partial charge in [0.1, 0.15) is 0 Å². The Labute approximate surface area is 134 Å². The largest absolute Gasteiger partial charge is 0.339 e. The normalized spacial score (nSPS) is 28.7. The van der Waals surface area contributed by atoms with Crippen LogP contribution in [0.15, 0.2) is 24.5 Å². The molecule has 1 aromatic rings. The van der Waals surface area contributed by atoms with Crippen LogP contribution in [0.1, 0.15) is 24.8 Å². The molecule has 1 saturated carbocycles. The van der Waals surface area contributed by atoms with Gasteiger partial charge in [0, 0.05) is 44.5 Å². The lowest BCUT2D eigenvalue weighted by Gasteiger charge is -2.36. The van der Waals surface area contributed by atoms with Gasteiger partial charge in [-0.1, -0.05) is 6.07 Å². The van der Waals surface area contributed by atoms with Crippen molar-refractivity contribution in [2.45, 2.75) is 31.5 Å². The summed E-state index contributed by atoms with van der Waals surface area (Å²) in [6, 6.07) is 3.81. The van der Waals surface area contributed by atoms with Crippen LogP contribution in [0.4, 0.5) is 4.39 Å². The first-order valence-corrected chi connectivity index (χ1v) is 8.23. The number of halogens is 1. The quantitative estimate of drug-likeness (QED) is 0.846. The van der Waals surface area contributed by atoms with E-state index in [1.54, 1.807) is 17.3 Å². The van der Waals surface area contributed by atoms with Crippen LogP contribution in [0.5, 0.6) is 0 Å². The number of amides is 2. The Balaban J connectivity index is 1.40. The van der Waals surface area contributed by atoms with Gasteiger partial charge in [0.05, 0.1) is 5.92 Å². The fourth-order valence-electron chi connectivity index (χ4n) is 3.95. The molecule has 4 rings (SSSR count). The van der Waals surface area contributed by atoms with Crippen LogP contribution in [-0.2, 0) is 16.1 Å². The summed E-state index contributed by atoms with van der Waals surface area (Å²) in [4.78, 5) is 32.3. The number of carbonyl (C=O) groups is 2. The van der Waals surface area contributed by atoms with Gasteiger partial charge in [0.25, 0.3) is 5.91 Å². The molecule has 0 unspecified atom stereocenters. The third kappa shape index (κ3) is 2.40. The summed E-state index contributed by atoms with van der Waals surface area (Å²) < 4.78 is 14.3. The van der Waals surface area contributed by atoms with E-state index < -0.39 is 11.6 Å². The molecule has 3 heterocycles. The number of hydrogen-bond acceptors (Lipinski definition) is 3. The first kappa shape index (κ1) is 14.6. The second-order valence-corrected chi connectivity index (χ2v) is 6.98. The van der Waals surface area contributed by atoms with Crippen molar-refractivity contribution in [1.29, 1.82) is 0 Å². The fourth-order valence-corrected chi connectivity index (χ4v) is 3.95. The van der Waals surface area contributed by atoms with Crippen LogP contribution < -0.4 is 0 Å². The van der Waals surface area contributed by atoms with Crippen molar-refractivity contribution in [3.05, 3.63) is 30.1 Å². The second kappa shape index (κ2) is 5.28. The number of rotatable bonds is 3. The summed E-state index contributed by atoms with van der Waals surface area (Å²) in [5, 5.41) is 0. The molecule has 2 amide bonds. The van der Waals surface area contributed by atoms with Crippen molar-refractivity contribution in [1.82, 2.24) is 14.8 Å². The smallest absolute Gasteiger partial charge is 0.260 e. The highest BCUT2D eigenvalue weighted by atomic mass is 19.1. The van der Waals surface area contributed by atoms with E-state index in [1.807, 2.05) is 17.0 Å². The van der Waals surface area contributed by atoms with Gasteiger partial charge in [-0.05, 0) is 30.9 Å². The number of carbonyl (C=O) groups excluding carboxylic acids is 2. The number of aromatic nitrogens is 1. The minimum absolute atomic E-state index is 0.0793. The van der Waals surface area contributed by atoms with E-state index in [0.717, 1.165) is 12.0 Å². The van der Waals surface area contributed by atoms with E-state index in [-0.39, 0.29) is 17.7 Å². The topological polar surface area (TPSA) is 53.5 Å². The van der Waals surface area contributed by atoms with Gasteiger partial charge in [0.15, 0.2) is 5.67 Å². The zero-order valence-electron chi connectivity index (χ0n) is 12.9. The summed E-state index contributed by atoms with van der Waals surface area (Å²) in [6.45, 7) is 2.07. The summed E-state index contributed by atoms with van der Waals surface area (Å²) in [6.07, 6.45) is 4.92. The molecular weight excluding hydrogens is 297 g/mol. The molecule has 122 valence electrons. The van der Waals surface area contributed by atoms with Crippen LogP contribution >= 0.6 is 0 Å². The highest BCUT2D eigenvalue weighted by Crippen LogP contribution is 2.40. The zero-order valence-corrected chi connectivity index (χ0v) is 12.9. The lowest BCUT2D eigenvalue weighted by molar-refractivity contribution is -0.149. The van der Waals surface area contributed by atoms with Crippen molar-refractivity contribution >= 4 is 11.8 Å². The minimum atomic E-state index is -1.66. The monoisotopic (exact) mass is 317 g/mol. The average Bonchev–Trinajstić information content (AvgIpc) is 3.06. The van der Waals surface area contributed by atoms with Crippen molar-refractivity contribution < 1.29 is 14.0 Å². The maximum absolute atomic E-state index is 14.3. The maximum Gasteiger partial charge on any atom is 0.260 e. The number of hydrogen-bond donors (Lipinski definition) is 0. The number of likely N-dealkylation sites (tertiary alicyclic amines) is 2. The first-order chi connectivity index (χ1) is 11.1. The highest BCUT2D eigenvalue weighted by molar-refractivity contribution is 5.88. The van der Waals surface area contributed by atoms with E-state index in [1.165, 1.54) is 0 Å². The van der Waals surface area contributed by atoms with Gasteiger partial charge in [-0.25, -0.2) is 4.39 Å². The molecule has 2 saturated heterocycles. The van der Waals surface area contributed by atoms with E-state index >= 15 is 0 Å². The molecule has 3 aliphatic rings. The van der Waals surface area contributed by atoms with Crippen molar-refractivity contribution in [3.8, 4) is 0 Å². The van der Waals surface area contributed by atoms with Crippen molar-refractivity contribution in [2.24, 2.45) is 11.8 Å². The van der Waals surface area contributed by atoms with Gasteiger partial charge in [0.2, 0.25) is 5.91 Å². The Kier molecular flexibility index (Phi) is 3.36. The SMILES string of the molecule is O=C1[C@H]2CN(C(=O)C3(F)CCC3)C[C@H]2CN1Cc1cccnc1. The summed E-state index contributed by atoms with van der Waals surface area (Å²) in [5.74, 6) is -0.355. The van der Waals surface area contributed by atoms with Crippen LogP contribution in [0.2, 0.25) is 0 Å². The third-order valence-electron chi connectivity index (χ3n) is 5.44. The molecule has 5 nitrogen and oxygen atoms in total. The predicted octanol–water partition coefficient (Wildman–Crippen LogP) is 1.39.